The predicted molar refractivity (Wildman–Crippen MR) is 129 cm³/mol. The minimum atomic E-state index is -4.32. The molecular weight excluding hydrogens is 473 g/mol. The van der Waals surface area contributed by atoms with Crippen LogP contribution >= 0.6 is 0 Å². The van der Waals surface area contributed by atoms with Crippen LogP contribution in [0.25, 0.3) is 0 Å². The summed E-state index contributed by atoms with van der Waals surface area (Å²) in [4.78, 5) is 27.4. The number of likely N-dealkylation sites (tertiary alicyclic amines) is 1. The number of carbonyl (C=O) groups excluding carboxylic acids is 2. The molecule has 0 radical (unpaired) electrons. The zero-order chi connectivity index (χ0) is 26.7. The highest BCUT2D eigenvalue weighted by Gasteiger charge is 2.64. The number of carbonyl (C=O) groups is 2. The number of nitrogens with zero attached hydrogens (tertiary/aromatic N) is 1. The van der Waals surface area contributed by atoms with Gasteiger partial charge in [0.1, 0.15) is 5.75 Å². The molecule has 2 amide bonds. The Bertz CT molecular complexity index is 1070. The Morgan fingerprint density at radius 2 is 1.78 bits per heavy atom. The molecule has 0 spiro atoms. The molecule has 36 heavy (non-hydrogen) atoms. The summed E-state index contributed by atoms with van der Waals surface area (Å²) < 4.78 is 49.8. The number of methoxy groups -OCH3 is 1. The van der Waals surface area contributed by atoms with E-state index in [4.69, 9.17) is 15.2 Å². The van der Waals surface area contributed by atoms with Gasteiger partial charge in [-0.2, -0.15) is 13.2 Å². The largest absolute Gasteiger partial charge is 0.497 e. The van der Waals surface area contributed by atoms with Gasteiger partial charge >= 0.3 is 6.18 Å². The van der Waals surface area contributed by atoms with E-state index in [1.54, 1.807) is 50.1 Å². The molecule has 9 heteroatoms. The standard InChI is InChI=1S/C27H33F3N2O4/c1-17-8-5-6-9-22(17)27(36-15-7-14-26(28,29)30)23(16-20-10-12-21(35-4)13-11-20)32(25(27)34)19(3)18(2)24(31)33/h5-6,8-13,18-19,23H,7,14-16H2,1-4H3,(H2,31,33)/t18?,19?,23-,27-/m1/s1. The van der Waals surface area contributed by atoms with Gasteiger partial charge < -0.3 is 20.1 Å². The van der Waals surface area contributed by atoms with Crippen molar-refractivity contribution < 1.29 is 32.2 Å². The highest BCUT2D eigenvalue weighted by atomic mass is 19.4. The van der Waals surface area contributed by atoms with Crippen molar-refractivity contribution >= 4 is 11.8 Å². The maximum absolute atomic E-state index is 13.9. The van der Waals surface area contributed by atoms with Gasteiger partial charge in [-0.15, -0.1) is 0 Å². The zero-order valence-electron chi connectivity index (χ0n) is 21.0. The van der Waals surface area contributed by atoms with E-state index >= 15 is 0 Å². The lowest BCUT2D eigenvalue weighted by Crippen LogP contribution is -2.76. The van der Waals surface area contributed by atoms with Crippen molar-refractivity contribution in [3.05, 3.63) is 65.2 Å². The average Bonchev–Trinajstić information content (AvgIpc) is 2.83. The molecule has 196 valence electrons. The number of halogens is 3. The van der Waals surface area contributed by atoms with Gasteiger partial charge in [-0.25, -0.2) is 0 Å². The summed E-state index contributed by atoms with van der Waals surface area (Å²) in [5, 5.41) is 0. The van der Waals surface area contributed by atoms with Crippen LogP contribution in [0.5, 0.6) is 5.75 Å². The van der Waals surface area contributed by atoms with E-state index in [2.05, 4.69) is 0 Å². The minimum Gasteiger partial charge on any atom is -0.497 e. The minimum absolute atomic E-state index is 0.244. The number of aryl methyl sites for hydroxylation is 1. The molecule has 1 aliphatic heterocycles. The van der Waals surface area contributed by atoms with E-state index in [0.29, 0.717) is 17.7 Å². The number of benzene rings is 2. The summed E-state index contributed by atoms with van der Waals surface area (Å²) in [5.74, 6) is -0.891. The molecule has 0 aliphatic carbocycles. The molecule has 2 N–H and O–H groups in total. The number of hydrogen-bond donors (Lipinski definition) is 1. The fraction of sp³-hybridized carbons (Fsp3) is 0.481. The van der Waals surface area contributed by atoms with Crippen molar-refractivity contribution in [2.24, 2.45) is 11.7 Å². The summed E-state index contributed by atoms with van der Waals surface area (Å²) in [6, 6.07) is 13.5. The number of nitrogens with two attached hydrogens (primary N) is 1. The fourth-order valence-corrected chi connectivity index (χ4v) is 4.81. The SMILES string of the molecule is COc1ccc(C[C@H]2N(C(C)C(C)C(N)=O)C(=O)[C@@]2(OCCCC(F)(F)F)c2ccccc2C)cc1. The van der Waals surface area contributed by atoms with Gasteiger partial charge in [-0.05, 0) is 55.5 Å². The topological polar surface area (TPSA) is 81.9 Å². The van der Waals surface area contributed by atoms with Crippen molar-refractivity contribution in [2.45, 2.75) is 63.9 Å². The zero-order valence-corrected chi connectivity index (χ0v) is 21.0. The van der Waals surface area contributed by atoms with E-state index in [1.807, 2.05) is 31.2 Å². The van der Waals surface area contributed by atoms with Crippen LogP contribution in [-0.4, -0.2) is 48.7 Å². The van der Waals surface area contributed by atoms with E-state index in [1.165, 1.54) is 0 Å². The molecule has 2 aromatic rings. The van der Waals surface area contributed by atoms with Gasteiger partial charge in [0, 0.05) is 19.1 Å². The third-order valence-electron chi connectivity index (χ3n) is 7.04. The van der Waals surface area contributed by atoms with Gasteiger partial charge in [0.15, 0.2) is 5.60 Å². The molecular formula is C27H33F3N2O4. The van der Waals surface area contributed by atoms with Crippen molar-refractivity contribution in [1.82, 2.24) is 4.90 Å². The van der Waals surface area contributed by atoms with Gasteiger partial charge in [0.05, 0.1) is 19.1 Å². The Hall–Kier alpha value is -3.07. The lowest BCUT2D eigenvalue weighted by Gasteiger charge is -2.59. The smallest absolute Gasteiger partial charge is 0.389 e. The van der Waals surface area contributed by atoms with Crippen molar-refractivity contribution in [3.63, 3.8) is 0 Å². The molecule has 2 unspecified atom stereocenters. The molecule has 0 bridgehead atoms. The van der Waals surface area contributed by atoms with Crippen molar-refractivity contribution in [3.8, 4) is 5.75 Å². The van der Waals surface area contributed by atoms with Gasteiger partial charge in [-0.3, -0.25) is 9.59 Å². The third-order valence-corrected chi connectivity index (χ3v) is 7.04. The maximum atomic E-state index is 13.9. The molecule has 0 saturated carbocycles. The van der Waals surface area contributed by atoms with Crippen LogP contribution in [0.2, 0.25) is 0 Å². The fourth-order valence-electron chi connectivity index (χ4n) is 4.81. The summed E-state index contributed by atoms with van der Waals surface area (Å²) in [6.07, 6.45) is -5.23. The van der Waals surface area contributed by atoms with E-state index in [0.717, 1.165) is 11.1 Å². The first kappa shape index (κ1) is 27.5. The lowest BCUT2D eigenvalue weighted by atomic mass is 9.70. The van der Waals surface area contributed by atoms with Crippen molar-refractivity contribution in [1.29, 1.82) is 0 Å². The van der Waals surface area contributed by atoms with Crippen LogP contribution in [-0.2, 0) is 26.3 Å². The normalized spacial score (nSPS) is 21.6. The second-order valence-electron chi connectivity index (χ2n) is 9.33. The summed E-state index contributed by atoms with van der Waals surface area (Å²) in [6.45, 7) is 5.00. The van der Waals surface area contributed by atoms with Crippen LogP contribution in [0.1, 0.15) is 43.4 Å². The molecule has 1 saturated heterocycles. The van der Waals surface area contributed by atoms with Crippen LogP contribution in [0, 0.1) is 12.8 Å². The monoisotopic (exact) mass is 506 g/mol. The molecule has 2 aromatic carbocycles. The first-order valence-corrected chi connectivity index (χ1v) is 11.9. The summed E-state index contributed by atoms with van der Waals surface area (Å²) in [5.41, 5.74) is 6.34. The molecule has 4 atom stereocenters. The summed E-state index contributed by atoms with van der Waals surface area (Å²) in [7, 11) is 1.56. The van der Waals surface area contributed by atoms with Crippen LogP contribution in [0.4, 0.5) is 13.2 Å². The highest BCUT2D eigenvalue weighted by Crippen LogP contribution is 2.48. The van der Waals surface area contributed by atoms with Crippen LogP contribution in [0.3, 0.4) is 0 Å². The highest BCUT2D eigenvalue weighted by molar-refractivity contribution is 5.95. The first-order chi connectivity index (χ1) is 16.9. The number of primary amides is 1. The maximum Gasteiger partial charge on any atom is 0.389 e. The van der Waals surface area contributed by atoms with E-state index in [9.17, 15) is 22.8 Å². The van der Waals surface area contributed by atoms with Crippen LogP contribution < -0.4 is 10.5 Å². The van der Waals surface area contributed by atoms with Gasteiger partial charge in [0.2, 0.25) is 5.91 Å². The number of hydrogen-bond acceptors (Lipinski definition) is 4. The Labute approximate surface area is 209 Å². The molecule has 1 heterocycles. The lowest BCUT2D eigenvalue weighted by molar-refractivity contribution is -0.218. The van der Waals surface area contributed by atoms with E-state index < -0.39 is 42.1 Å². The Kier molecular flexibility index (Phi) is 8.33. The Morgan fingerprint density at radius 3 is 2.33 bits per heavy atom. The van der Waals surface area contributed by atoms with Gasteiger partial charge in [0.25, 0.3) is 5.91 Å². The van der Waals surface area contributed by atoms with Crippen molar-refractivity contribution in [2.75, 3.05) is 13.7 Å². The Morgan fingerprint density at radius 1 is 1.14 bits per heavy atom. The van der Waals surface area contributed by atoms with E-state index in [-0.39, 0.29) is 18.9 Å². The molecule has 0 aromatic heterocycles. The second-order valence-corrected chi connectivity index (χ2v) is 9.33. The number of amides is 2. The van der Waals surface area contributed by atoms with Crippen LogP contribution in [0.15, 0.2) is 48.5 Å². The number of rotatable bonds is 11. The summed E-state index contributed by atoms with van der Waals surface area (Å²) >= 11 is 0. The second kappa shape index (κ2) is 10.9. The first-order valence-electron chi connectivity index (χ1n) is 11.9. The number of alkyl halides is 3. The third kappa shape index (κ3) is 5.51. The Balaban J connectivity index is 2.04. The molecule has 3 rings (SSSR count). The molecule has 1 fully saturated rings. The number of ether oxygens (including phenoxy) is 2. The molecule has 1 aliphatic rings. The molecule has 6 nitrogen and oxygen atoms in total. The predicted octanol–water partition coefficient (Wildman–Crippen LogP) is 4.52. The number of β-lactam (4-membered cyclic amide) rings is 1. The van der Waals surface area contributed by atoms with Gasteiger partial charge in [-0.1, -0.05) is 43.3 Å². The average molecular weight is 507 g/mol. The quantitative estimate of drug-likeness (QED) is 0.359.